The third kappa shape index (κ3) is 4.48. The molecular weight excluding hydrogens is 314 g/mol. The van der Waals surface area contributed by atoms with Gasteiger partial charge in [-0.2, -0.15) is 0 Å². The average molecular weight is 350 g/mol. The van der Waals surface area contributed by atoms with E-state index >= 15 is 0 Å². The van der Waals surface area contributed by atoms with Gasteiger partial charge in [0.1, 0.15) is 0 Å². The van der Waals surface area contributed by atoms with Crippen LogP contribution in [0, 0.1) is 11.8 Å². The van der Waals surface area contributed by atoms with E-state index in [9.17, 15) is 4.79 Å². The Balaban J connectivity index is 1.21. The van der Waals surface area contributed by atoms with Gasteiger partial charge in [0, 0.05) is 51.5 Å². The lowest BCUT2D eigenvalue weighted by Gasteiger charge is -2.33. The van der Waals surface area contributed by atoms with Gasteiger partial charge in [-0.15, -0.1) is 0 Å². The molecule has 2 aliphatic carbocycles. The Morgan fingerprint density at radius 2 is 1.68 bits per heavy atom. The topological polar surface area (TPSA) is 44.8 Å². The molecule has 5 nitrogen and oxygen atoms in total. The summed E-state index contributed by atoms with van der Waals surface area (Å²) in [5, 5.41) is 3.34. The van der Waals surface area contributed by atoms with Gasteiger partial charge in [-0.3, -0.25) is 4.90 Å². The summed E-state index contributed by atoms with van der Waals surface area (Å²) in [6.45, 7) is 5.74. The maximum atomic E-state index is 12.7. The molecule has 4 rings (SSSR count). The highest BCUT2D eigenvalue weighted by Gasteiger charge is 2.44. The molecule has 142 valence electrons. The van der Waals surface area contributed by atoms with E-state index in [1.54, 1.807) is 0 Å². The van der Waals surface area contributed by atoms with Crippen molar-refractivity contribution in [2.45, 2.75) is 69.9 Å². The van der Waals surface area contributed by atoms with Crippen LogP contribution in [0.4, 0.5) is 4.79 Å². The third-order valence-corrected chi connectivity index (χ3v) is 6.93. The summed E-state index contributed by atoms with van der Waals surface area (Å²) < 4.78 is 5.49. The molecule has 0 radical (unpaired) electrons. The van der Waals surface area contributed by atoms with Gasteiger partial charge in [0.25, 0.3) is 0 Å². The van der Waals surface area contributed by atoms with E-state index in [4.69, 9.17) is 4.74 Å². The molecule has 2 atom stereocenters. The van der Waals surface area contributed by atoms with Gasteiger partial charge in [-0.05, 0) is 37.5 Å². The Kier molecular flexibility index (Phi) is 5.81. The van der Waals surface area contributed by atoms with Crippen LogP contribution in [0.3, 0.4) is 0 Å². The first-order valence-electron chi connectivity index (χ1n) is 10.7. The minimum absolute atomic E-state index is 0.192. The minimum Gasteiger partial charge on any atom is -0.381 e. The molecule has 2 saturated heterocycles. The van der Waals surface area contributed by atoms with E-state index in [2.05, 4.69) is 15.1 Å². The molecule has 25 heavy (non-hydrogen) atoms. The second-order valence-electron chi connectivity index (χ2n) is 8.57. The van der Waals surface area contributed by atoms with Crippen LogP contribution >= 0.6 is 0 Å². The van der Waals surface area contributed by atoms with Gasteiger partial charge >= 0.3 is 6.03 Å². The number of ether oxygens (including phenoxy) is 1. The van der Waals surface area contributed by atoms with Crippen molar-refractivity contribution < 1.29 is 9.53 Å². The zero-order chi connectivity index (χ0) is 17.1. The van der Waals surface area contributed by atoms with Crippen molar-refractivity contribution in [3.8, 4) is 0 Å². The molecular formula is C20H35N3O2. The van der Waals surface area contributed by atoms with Gasteiger partial charge in [0.15, 0.2) is 0 Å². The molecule has 0 aromatic carbocycles. The number of urea groups is 1. The SMILES string of the molecule is O=C(N[C@H]1C[C@@H]1C1CCCCC1)N1CCCN(C2CCOCC2)CC1. The standard InChI is InChI=1S/C20H35N3O2/c24-20(21-19-15-18(19)16-5-2-1-3-6-16)23-10-4-9-22(11-12-23)17-7-13-25-14-8-17/h16-19H,1-15H2,(H,21,24)/t18-,19+/m1/s1. The zero-order valence-electron chi connectivity index (χ0n) is 15.6. The summed E-state index contributed by atoms with van der Waals surface area (Å²) in [7, 11) is 0. The van der Waals surface area contributed by atoms with E-state index in [1.807, 2.05) is 0 Å². The normalized spacial score (nSPS) is 33.0. The molecule has 4 fully saturated rings. The van der Waals surface area contributed by atoms with Crippen LogP contribution in [0.2, 0.25) is 0 Å². The van der Waals surface area contributed by atoms with Gasteiger partial charge in [-0.1, -0.05) is 32.1 Å². The number of hydrogen-bond acceptors (Lipinski definition) is 3. The van der Waals surface area contributed by atoms with Crippen LogP contribution < -0.4 is 5.32 Å². The lowest BCUT2D eigenvalue weighted by Crippen LogP contribution is -2.45. The zero-order valence-corrected chi connectivity index (χ0v) is 15.6. The predicted molar refractivity (Wildman–Crippen MR) is 98.6 cm³/mol. The summed E-state index contributed by atoms with van der Waals surface area (Å²) in [5.74, 6) is 1.65. The van der Waals surface area contributed by atoms with Crippen molar-refractivity contribution in [3.05, 3.63) is 0 Å². The van der Waals surface area contributed by atoms with Crippen molar-refractivity contribution in [1.82, 2.24) is 15.1 Å². The fourth-order valence-electron chi connectivity index (χ4n) is 5.27. The smallest absolute Gasteiger partial charge is 0.317 e. The van der Waals surface area contributed by atoms with Crippen LogP contribution in [0.15, 0.2) is 0 Å². The maximum absolute atomic E-state index is 12.7. The van der Waals surface area contributed by atoms with Crippen molar-refractivity contribution in [2.75, 3.05) is 39.4 Å². The summed E-state index contributed by atoms with van der Waals surface area (Å²) in [4.78, 5) is 17.3. The molecule has 0 aromatic heterocycles. The maximum Gasteiger partial charge on any atom is 0.317 e. The van der Waals surface area contributed by atoms with Gasteiger partial charge < -0.3 is 15.0 Å². The summed E-state index contributed by atoms with van der Waals surface area (Å²) >= 11 is 0. The minimum atomic E-state index is 0.192. The summed E-state index contributed by atoms with van der Waals surface area (Å²) in [6.07, 6.45) is 11.6. The molecule has 1 N–H and O–H groups in total. The van der Waals surface area contributed by atoms with Crippen LogP contribution in [-0.4, -0.2) is 67.3 Å². The molecule has 2 saturated carbocycles. The highest BCUT2D eigenvalue weighted by Crippen LogP contribution is 2.44. The second-order valence-corrected chi connectivity index (χ2v) is 8.57. The van der Waals surface area contributed by atoms with Crippen LogP contribution in [0.1, 0.15) is 57.8 Å². The average Bonchev–Trinajstić information content (AvgIpc) is 3.46. The Bertz CT molecular complexity index is 446. The van der Waals surface area contributed by atoms with Gasteiger partial charge in [0.05, 0.1) is 0 Å². The van der Waals surface area contributed by atoms with Crippen LogP contribution in [-0.2, 0) is 4.74 Å². The molecule has 0 spiro atoms. The molecule has 0 aromatic rings. The van der Waals surface area contributed by atoms with E-state index < -0.39 is 0 Å². The Labute approximate surface area is 152 Å². The lowest BCUT2D eigenvalue weighted by molar-refractivity contribution is 0.0356. The number of nitrogens with zero attached hydrogens (tertiary/aromatic N) is 2. The third-order valence-electron chi connectivity index (χ3n) is 6.93. The van der Waals surface area contributed by atoms with Crippen molar-refractivity contribution in [3.63, 3.8) is 0 Å². The Morgan fingerprint density at radius 1 is 0.880 bits per heavy atom. The number of carbonyl (C=O) groups is 1. The number of nitrogens with one attached hydrogen (secondary N) is 1. The highest BCUT2D eigenvalue weighted by atomic mass is 16.5. The first-order chi connectivity index (χ1) is 12.3. The van der Waals surface area contributed by atoms with E-state index in [0.717, 1.165) is 70.5 Å². The summed E-state index contributed by atoms with van der Waals surface area (Å²) in [6, 6.07) is 1.32. The van der Waals surface area contributed by atoms with Crippen LogP contribution in [0.5, 0.6) is 0 Å². The number of rotatable bonds is 3. The molecule has 0 bridgehead atoms. The monoisotopic (exact) mass is 349 g/mol. The van der Waals surface area contributed by atoms with E-state index in [1.165, 1.54) is 38.5 Å². The summed E-state index contributed by atoms with van der Waals surface area (Å²) in [5.41, 5.74) is 0. The van der Waals surface area contributed by atoms with E-state index in [0.29, 0.717) is 12.1 Å². The quantitative estimate of drug-likeness (QED) is 0.852. The van der Waals surface area contributed by atoms with Gasteiger partial charge in [-0.25, -0.2) is 4.79 Å². The molecule has 2 aliphatic heterocycles. The fourth-order valence-corrected chi connectivity index (χ4v) is 5.27. The van der Waals surface area contributed by atoms with Gasteiger partial charge in [0.2, 0.25) is 0 Å². The van der Waals surface area contributed by atoms with Crippen molar-refractivity contribution in [1.29, 1.82) is 0 Å². The first-order valence-corrected chi connectivity index (χ1v) is 10.7. The molecule has 2 amide bonds. The number of carbonyl (C=O) groups excluding carboxylic acids is 1. The van der Waals surface area contributed by atoms with E-state index in [-0.39, 0.29) is 6.03 Å². The Morgan fingerprint density at radius 3 is 2.48 bits per heavy atom. The molecule has 5 heteroatoms. The number of amides is 2. The number of hydrogen-bond donors (Lipinski definition) is 1. The fraction of sp³-hybridized carbons (Fsp3) is 0.950. The van der Waals surface area contributed by atoms with Crippen LogP contribution in [0.25, 0.3) is 0 Å². The molecule has 0 unspecified atom stereocenters. The predicted octanol–water partition coefficient (Wildman–Crippen LogP) is 2.85. The lowest BCUT2D eigenvalue weighted by atomic mass is 9.85. The second kappa shape index (κ2) is 8.26. The first kappa shape index (κ1) is 17.6. The largest absolute Gasteiger partial charge is 0.381 e. The van der Waals surface area contributed by atoms with Crippen molar-refractivity contribution >= 4 is 6.03 Å². The molecule has 4 aliphatic rings. The van der Waals surface area contributed by atoms with Crippen molar-refractivity contribution in [2.24, 2.45) is 11.8 Å². The molecule has 2 heterocycles. The Hall–Kier alpha value is -0.810. The highest BCUT2D eigenvalue weighted by molar-refractivity contribution is 5.75.